The molecule has 0 fully saturated rings. The molecule has 0 heterocycles. The molecule has 0 aliphatic rings. The molecule has 0 aromatic heterocycles. The van der Waals surface area contributed by atoms with Gasteiger partial charge < -0.3 is 25.4 Å². The third kappa shape index (κ3) is 9.72. The second-order valence-corrected chi connectivity index (χ2v) is 10.3. The Balaban J connectivity index is 3.35. The van der Waals surface area contributed by atoms with E-state index in [4.69, 9.17) is 4.74 Å². The van der Waals surface area contributed by atoms with Gasteiger partial charge in [0.1, 0.15) is 23.4 Å². The summed E-state index contributed by atoms with van der Waals surface area (Å²) in [4.78, 5) is 40.6. The van der Waals surface area contributed by atoms with Crippen LogP contribution in [-0.4, -0.2) is 51.6 Å². The Morgan fingerprint density at radius 3 is 2.18 bits per heavy atom. The number of hydrogen-bond donors (Lipinski definition) is 3. The van der Waals surface area contributed by atoms with Gasteiger partial charge in [0.2, 0.25) is 11.8 Å². The molecular weight excluding hydrogens is 422 g/mol. The standard InChI is InChI=1S/C25H41N3O5/c1-9-10-13-16-28(22(31)17(2)26-23(32)33-25(6,7)8)20(21(30)27-24(3,4)5)18-14-11-12-15-19(18)29/h11-12,14-15,17,20,29H,9-10,13,16H2,1-8H3,(H,26,32)(H,27,30). The highest BCUT2D eigenvalue weighted by Gasteiger charge is 2.36. The van der Waals surface area contributed by atoms with Gasteiger partial charge in [-0.15, -0.1) is 0 Å². The summed E-state index contributed by atoms with van der Waals surface area (Å²) in [5.74, 6) is -0.916. The van der Waals surface area contributed by atoms with Gasteiger partial charge in [-0.05, 0) is 61.0 Å². The van der Waals surface area contributed by atoms with Crippen LogP contribution in [0.4, 0.5) is 4.79 Å². The summed E-state index contributed by atoms with van der Waals surface area (Å²) in [6.07, 6.45) is 1.76. The van der Waals surface area contributed by atoms with Gasteiger partial charge >= 0.3 is 6.09 Å². The molecule has 0 bridgehead atoms. The molecule has 8 nitrogen and oxygen atoms in total. The Bertz CT molecular complexity index is 811. The third-order valence-corrected chi connectivity index (χ3v) is 4.68. The average molecular weight is 464 g/mol. The number of unbranched alkanes of at least 4 members (excludes halogenated alkanes) is 2. The van der Waals surface area contributed by atoms with Crippen molar-refractivity contribution in [1.29, 1.82) is 0 Å². The Morgan fingerprint density at radius 1 is 1.06 bits per heavy atom. The molecule has 3 amide bonds. The lowest BCUT2D eigenvalue weighted by atomic mass is 9.99. The highest BCUT2D eigenvalue weighted by molar-refractivity contribution is 5.92. The van der Waals surface area contributed by atoms with Crippen LogP contribution in [0.15, 0.2) is 24.3 Å². The van der Waals surface area contributed by atoms with Gasteiger partial charge in [0.15, 0.2) is 0 Å². The lowest BCUT2D eigenvalue weighted by molar-refractivity contribution is -0.143. The lowest BCUT2D eigenvalue weighted by Crippen LogP contribution is -2.54. The summed E-state index contributed by atoms with van der Waals surface area (Å²) in [6, 6.07) is 4.50. The van der Waals surface area contributed by atoms with Gasteiger partial charge in [0.05, 0.1) is 0 Å². The number of phenols is 1. The molecule has 186 valence electrons. The number of rotatable bonds is 9. The summed E-state index contributed by atoms with van der Waals surface area (Å²) in [5, 5.41) is 16.0. The number of aromatic hydroxyl groups is 1. The second kappa shape index (κ2) is 11.9. The highest BCUT2D eigenvalue weighted by Crippen LogP contribution is 2.30. The normalized spacial score (nSPS) is 13.6. The molecule has 0 aliphatic carbocycles. The monoisotopic (exact) mass is 463 g/mol. The number of nitrogens with zero attached hydrogens (tertiary/aromatic N) is 1. The Morgan fingerprint density at radius 2 is 1.67 bits per heavy atom. The molecule has 1 aromatic carbocycles. The molecule has 1 rings (SSSR count). The first-order valence-corrected chi connectivity index (χ1v) is 11.6. The van der Waals surface area contributed by atoms with E-state index in [0.29, 0.717) is 18.5 Å². The van der Waals surface area contributed by atoms with E-state index in [1.807, 2.05) is 27.7 Å². The third-order valence-electron chi connectivity index (χ3n) is 4.68. The first-order valence-electron chi connectivity index (χ1n) is 11.6. The van der Waals surface area contributed by atoms with Crippen LogP contribution >= 0.6 is 0 Å². The number of hydrogen-bond acceptors (Lipinski definition) is 5. The minimum atomic E-state index is -1.06. The van der Waals surface area contributed by atoms with Crippen molar-refractivity contribution >= 4 is 17.9 Å². The minimum Gasteiger partial charge on any atom is -0.508 e. The topological polar surface area (TPSA) is 108 Å². The van der Waals surface area contributed by atoms with Crippen LogP contribution < -0.4 is 10.6 Å². The van der Waals surface area contributed by atoms with E-state index in [2.05, 4.69) is 10.6 Å². The number of carbonyl (C=O) groups excluding carboxylic acids is 3. The molecule has 0 spiro atoms. The fourth-order valence-electron chi connectivity index (χ4n) is 3.30. The summed E-state index contributed by atoms with van der Waals surface area (Å²) in [7, 11) is 0. The summed E-state index contributed by atoms with van der Waals surface area (Å²) < 4.78 is 5.27. The number of nitrogens with one attached hydrogen (secondary N) is 2. The molecule has 2 atom stereocenters. The molecule has 33 heavy (non-hydrogen) atoms. The van der Waals surface area contributed by atoms with Crippen molar-refractivity contribution in [3.63, 3.8) is 0 Å². The van der Waals surface area contributed by atoms with Gasteiger partial charge in [0, 0.05) is 17.6 Å². The number of benzene rings is 1. The molecule has 0 saturated carbocycles. The zero-order chi connectivity index (χ0) is 25.4. The summed E-state index contributed by atoms with van der Waals surface area (Å²) in [5.41, 5.74) is -0.926. The number of carbonyl (C=O) groups is 3. The Labute approximate surface area is 198 Å². The SMILES string of the molecule is CCCCCN(C(=O)C(C)NC(=O)OC(C)(C)C)C(C(=O)NC(C)(C)C)c1ccccc1O. The number of amides is 3. The summed E-state index contributed by atoms with van der Waals surface area (Å²) >= 11 is 0. The maximum absolute atomic E-state index is 13.5. The van der Waals surface area contributed by atoms with Crippen molar-refractivity contribution in [2.45, 2.75) is 97.9 Å². The van der Waals surface area contributed by atoms with Crippen LogP contribution in [0.25, 0.3) is 0 Å². The van der Waals surface area contributed by atoms with Crippen LogP contribution in [0.1, 0.15) is 86.3 Å². The van der Waals surface area contributed by atoms with Crippen LogP contribution in [0.3, 0.4) is 0 Å². The maximum Gasteiger partial charge on any atom is 0.408 e. The van der Waals surface area contributed by atoms with Gasteiger partial charge in [-0.3, -0.25) is 9.59 Å². The van der Waals surface area contributed by atoms with E-state index >= 15 is 0 Å². The van der Waals surface area contributed by atoms with Crippen molar-refractivity contribution in [3.8, 4) is 5.75 Å². The molecule has 0 saturated heterocycles. The van der Waals surface area contributed by atoms with Crippen molar-refractivity contribution in [2.75, 3.05) is 6.54 Å². The van der Waals surface area contributed by atoms with Gasteiger partial charge in [-0.25, -0.2) is 4.79 Å². The zero-order valence-electron chi connectivity index (χ0n) is 21.3. The number of ether oxygens (including phenoxy) is 1. The second-order valence-electron chi connectivity index (χ2n) is 10.3. The maximum atomic E-state index is 13.5. The van der Waals surface area contributed by atoms with E-state index in [-0.39, 0.29) is 5.75 Å². The van der Waals surface area contributed by atoms with E-state index < -0.39 is 41.1 Å². The minimum absolute atomic E-state index is 0.0763. The largest absolute Gasteiger partial charge is 0.508 e. The first-order chi connectivity index (χ1) is 15.2. The van der Waals surface area contributed by atoms with Gasteiger partial charge in [-0.2, -0.15) is 0 Å². The van der Waals surface area contributed by atoms with E-state index in [0.717, 1.165) is 12.8 Å². The van der Waals surface area contributed by atoms with Crippen LogP contribution in [0.5, 0.6) is 5.75 Å². The lowest BCUT2D eigenvalue weighted by Gasteiger charge is -2.35. The van der Waals surface area contributed by atoms with E-state index in [1.54, 1.807) is 45.9 Å². The quantitative estimate of drug-likeness (QED) is 0.474. The van der Waals surface area contributed by atoms with Gasteiger partial charge in [0.25, 0.3) is 0 Å². The molecule has 2 unspecified atom stereocenters. The first kappa shape index (κ1) is 28.3. The average Bonchev–Trinajstić information content (AvgIpc) is 2.65. The predicted octanol–water partition coefficient (Wildman–Crippen LogP) is 4.28. The van der Waals surface area contributed by atoms with Crippen molar-refractivity contribution in [2.24, 2.45) is 0 Å². The molecular formula is C25H41N3O5. The van der Waals surface area contributed by atoms with Gasteiger partial charge in [-0.1, -0.05) is 38.0 Å². The van der Waals surface area contributed by atoms with Crippen LogP contribution in [0, 0.1) is 0 Å². The number of phenolic OH excluding ortho intramolecular Hbond substituents is 1. The van der Waals surface area contributed by atoms with Crippen molar-refractivity contribution < 1.29 is 24.2 Å². The fourth-order valence-corrected chi connectivity index (χ4v) is 3.30. The number of alkyl carbamates (subject to hydrolysis) is 1. The summed E-state index contributed by atoms with van der Waals surface area (Å²) in [6.45, 7) is 14.7. The molecule has 3 N–H and O–H groups in total. The van der Waals surface area contributed by atoms with Crippen molar-refractivity contribution in [3.05, 3.63) is 29.8 Å². The van der Waals surface area contributed by atoms with E-state index in [1.165, 1.54) is 11.0 Å². The number of para-hydroxylation sites is 1. The molecule has 0 radical (unpaired) electrons. The predicted molar refractivity (Wildman–Crippen MR) is 129 cm³/mol. The van der Waals surface area contributed by atoms with E-state index in [9.17, 15) is 19.5 Å². The smallest absolute Gasteiger partial charge is 0.408 e. The molecule has 8 heteroatoms. The molecule has 0 aliphatic heterocycles. The molecule has 1 aromatic rings. The fraction of sp³-hybridized carbons (Fsp3) is 0.640. The van der Waals surface area contributed by atoms with Crippen molar-refractivity contribution in [1.82, 2.24) is 15.5 Å². The Kier molecular flexibility index (Phi) is 10.2. The zero-order valence-corrected chi connectivity index (χ0v) is 21.3. The van der Waals surface area contributed by atoms with Crippen LogP contribution in [0.2, 0.25) is 0 Å². The Hall–Kier alpha value is -2.77. The highest BCUT2D eigenvalue weighted by atomic mass is 16.6. The van der Waals surface area contributed by atoms with Crippen LogP contribution in [-0.2, 0) is 14.3 Å².